The second kappa shape index (κ2) is 9.97. The highest BCUT2D eigenvalue weighted by Gasteiger charge is 2.33. The van der Waals surface area contributed by atoms with E-state index in [1.807, 2.05) is 19.1 Å². The normalized spacial score (nSPS) is 15.4. The maximum Gasteiger partial charge on any atom is 0.322 e. The lowest BCUT2D eigenvalue weighted by Crippen LogP contribution is -2.34. The molecule has 3 aromatic rings. The number of hydrogen-bond acceptors (Lipinski definition) is 6. The van der Waals surface area contributed by atoms with E-state index < -0.39 is 0 Å². The molecule has 0 spiro atoms. The molecule has 0 radical (unpaired) electrons. The molecule has 1 aliphatic rings. The molecule has 1 fully saturated rings. The number of hydrogen-bond donors (Lipinski definition) is 2. The molecular weight excluding hydrogens is 450 g/mol. The molecule has 1 saturated heterocycles. The van der Waals surface area contributed by atoms with Gasteiger partial charge in [-0.05, 0) is 62.2 Å². The van der Waals surface area contributed by atoms with Gasteiger partial charge in [-0.3, -0.25) is 4.79 Å². The Bertz CT molecular complexity index is 1100. The molecule has 0 unspecified atom stereocenters. The third kappa shape index (κ3) is 5.17. The van der Waals surface area contributed by atoms with E-state index >= 15 is 0 Å². The summed E-state index contributed by atoms with van der Waals surface area (Å²) in [7, 11) is 0. The lowest BCUT2D eigenvalue weighted by molar-refractivity contribution is 0.102. The molecule has 3 amide bonds. The number of benzene rings is 2. The quantitative estimate of drug-likeness (QED) is 0.514. The van der Waals surface area contributed by atoms with Gasteiger partial charge < -0.3 is 20.3 Å². The summed E-state index contributed by atoms with van der Waals surface area (Å²) >= 11 is 7.15. The first kappa shape index (κ1) is 22.0. The number of nitrogens with zero attached hydrogens (tertiary/aromatic N) is 3. The number of amides is 3. The molecule has 2 N–H and O–H groups in total. The monoisotopic (exact) mass is 471 g/mol. The van der Waals surface area contributed by atoms with E-state index in [0.717, 1.165) is 18.6 Å². The topological polar surface area (TPSA) is 96.4 Å². The Labute approximate surface area is 194 Å². The number of carbonyl (C=O) groups excluding carboxylic acids is 2. The van der Waals surface area contributed by atoms with Gasteiger partial charge in [0.05, 0.1) is 12.6 Å². The Hall–Kier alpha value is -3.17. The summed E-state index contributed by atoms with van der Waals surface area (Å²) in [6.45, 7) is 3.11. The number of urea groups is 1. The first-order valence-electron chi connectivity index (χ1n) is 10.2. The standard InChI is InChI=1S/C22H22ClN5O3S/c1-2-31-17-10-8-15(9-11-17)25-22(30)28-12-4-7-18(28)20-26-27-21(32-20)19(29)24-16-6-3-5-14(23)13-16/h3,5-6,8-11,13,18H,2,4,7,12H2,1H3,(H,24,29)(H,25,30)/t18-/m0/s1. The molecule has 1 aromatic heterocycles. The van der Waals surface area contributed by atoms with Gasteiger partial charge in [0.1, 0.15) is 10.8 Å². The number of halogens is 1. The van der Waals surface area contributed by atoms with Crippen molar-refractivity contribution in [1.82, 2.24) is 15.1 Å². The van der Waals surface area contributed by atoms with E-state index in [2.05, 4.69) is 20.8 Å². The molecular formula is C22H22ClN5O3S. The molecule has 32 heavy (non-hydrogen) atoms. The average Bonchev–Trinajstić information content (AvgIpc) is 3.45. The van der Waals surface area contributed by atoms with Crippen LogP contribution >= 0.6 is 22.9 Å². The molecule has 1 atom stereocenters. The van der Waals surface area contributed by atoms with Crippen LogP contribution < -0.4 is 15.4 Å². The summed E-state index contributed by atoms with van der Waals surface area (Å²) in [6.07, 6.45) is 1.62. The zero-order chi connectivity index (χ0) is 22.5. The molecule has 166 valence electrons. The fraction of sp³-hybridized carbons (Fsp3) is 0.273. The van der Waals surface area contributed by atoms with Gasteiger partial charge in [0.15, 0.2) is 0 Å². The summed E-state index contributed by atoms with van der Waals surface area (Å²) in [5.74, 6) is 0.390. The number of nitrogens with one attached hydrogen (secondary N) is 2. The second-order valence-electron chi connectivity index (χ2n) is 7.15. The summed E-state index contributed by atoms with van der Waals surface area (Å²) in [4.78, 5) is 27.1. The lowest BCUT2D eigenvalue weighted by Gasteiger charge is -2.23. The SMILES string of the molecule is CCOc1ccc(NC(=O)N2CCC[C@H]2c2nnc(C(=O)Nc3cccc(Cl)c3)s2)cc1. The molecule has 10 heteroatoms. The van der Waals surface area contributed by atoms with Crippen molar-refractivity contribution in [2.24, 2.45) is 0 Å². The van der Waals surface area contributed by atoms with E-state index in [1.54, 1.807) is 41.3 Å². The van der Waals surface area contributed by atoms with Crippen LogP contribution in [-0.2, 0) is 0 Å². The molecule has 0 bridgehead atoms. The summed E-state index contributed by atoms with van der Waals surface area (Å²) in [6, 6.07) is 13.7. The molecule has 0 aliphatic carbocycles. The Morgan fingerprint density at radius 1 is 1.16 bits per heavy atom. The van der Waals surface area contributed by atoms with Crippen LogP contribution in [0.2, 0.25) is 5.02 Å². The third-order valence-corrected chi connectivity index (χ3v) is 6.19. The Kier molecular flexibility index (Phi) is 6.87. The van der Waals surface area contributed by atoms with Crippen molar-refractivity contribution in [1.29, 1.82) is 0 Å². The van der Waals surface area contributed by atoms with Crippen molar-refractivity contribution in [3.05, 3.63) is 63.6 Å². The highest BCUT2D eigenvalue weighted by Crippen LogP contribution is 2.34. The number of rotatable bonds is 6. The fourth-order valence-corrected chi connectivity index (χ4v) is 4.55. The van der Waals surface area contributed by atoms with E-state index in [0.29, 0.717) is 34.6 Å². The smallest absolute Gasteiger partial charge is 0.322 e. The maximum absolute atomic E-state index is 12.9. The summed E-state index contributed by atoms with van der Waals surface area (Å²) in [5.41, 5.74) is 1.26. The Balaban J connectivity index is 1.41. The van der Waals surface area contributed by atoms with Crippen molar-refractivity contribution in [3.8, 4) is 5.75 Å². The van der Waals surface area contributed by atoms with Crippen LogP contribution in [0.15, 0.2) is 48.5 Å². The van der Waals surface area contributed by atoms with Crippen LogP contribution in [0.25, 0.3) is 0 Å². The predicted octanol–water partition coefficient (Wildman–Crippen LogP) is 5.21. The maximum atomic E-state index is 12.9. The minimum Gasteiger partial charge on any atom is -0.494 e. The second-order valence-corrected chi connectivity index (χ2v) is 8.59. The van der Waals surface area contributed by atoms with Crippen LogP contribution in [0.1, 0.15) is 40.6 Å². The van der Waals surface area contributed by atoms with Gasteiger partial charge in [-0.25, -0.2) is 4.79 Å². The summed E-state index contributed by atoms with van der Waals surface area (Å²) < 4.78 is 5.43. The van der Waals surface area contributed by atoms with Crippen LogP contribution in [0.4, 0.5) is 16.2 Å². The number of likely N-dealkylation sites (tertiary alicyclic amines) is 1. The Morgan fingerprint density at radius 2 is 1.97 bits per heavy atom. The predicted molar refractivity (Wildman–Crippen MR) is 125 cm³/mol. The van der Waals surface area contributed by atoms with Crippen molar-refractivity contribution in [2.45, 2.75) is 25.8 Å². The van der Waals surface area contributed by atoms with Gasteiger partial charge in [-0.1, -0.05) is 29.0 Å². The van der Waals surface area contributed by atoms with Crippen molar-refractivity contribution >= 4 is 46.3 Å². The zero-order valence-corrected chi connectivity index (χ0v) is 18.9. The molecule has 2 heterocycles. The zero-order valence-electron chi connectivity index (χ0n) is 17.4. The average molecular weight is 472 g/mol. The first-order chi connectivity index (χ1) is 15.5. The van der Waals surface area contributed by atoms with Gasteiger partial charge >= 0.3 is 6.03 Å². The highest BCUT2D eigenvalue weighted by atomic mass is 35.5. The van der Waals surface area contributed by atoms with Crippen LogP contribution in [0.5, 0.6) is 5.75 Å². The number of anilines is 2. The van der Waals surface area contributed by atoms with Crippen LogP contribution in [0.3, 0.4) is 0 Å². The third-order valence-electron chi connectivity index (χ3n) is 4.93. The minimum absolute atomic E-state index is 0.211. The van der Waals surface area contributed by atoms with Crippen LogP contribution in [-0.4, -0.2) is 40.2 Å². The van der Waals surface area contributed by atoms with Gasteiger partial charge in [-0.2, -0.15) is 0 Å². The van der Waals surface area contributed by atoms with Crippen molar-refractivity contribution in [2.75, 3.05) is 23.8 Å². The molecule has 4 rings (SSSR count). The van der Waals surface area contributed by atoms with Gasteiger partial charge in [0.2, 0.25) is 5.01 Å². The molecule has 2 aromatic carbocycles. The molecule has 1 aliphatic heterocycles. The van der Waals surface area contributed by atoms with E-state index in [1.165, 1.54) is 11.3 Å². The fourth-order valence-electron chi connectivity index (χ4n) is 3.47. The van der Waals surface area contributed by atoms with Crippen LogP contribution in [0, 0.1) is 0 Å². The molecule has 0 saturated carbocycles. The van der Waals surface area contributed by atoms with Gasteiger partial charge in [0, 0.05) is 22.9 Å². The van der Waals surface area contributed by atoms with Gasteiger partial charge in [-0.15, -0.1) is 10.2 Å². The number of ether oxygens (including phenoxy) is 1. The van der Waals surface area contributed by atoms with E-state index in [-0.39, 0.29) is 23.0 Å². The first-order valence-corrected chi connectivity index (χ1v) is 11.4. The number of aromatic nitrogens is 2. The van der Waals surface area contributed by atoms with Gasteiger partial charge in [0.25, 0.3) is 5.91 Å². The Morgan fingerprint density at radius 3 is 2.72 bits per heavy atom. The lowest BCUT2D eigenvalue weighted by atomic mass is 10.2. The van der Waals surface area contributed by atoms with E-state index in [4.69, 9.17) is 16.3 Å². The number of carbonyl (C=O) groups is 2. The minimum atomic E-state index is -0.362. The van der Waals surface area contributed by atoms with Crippen molar-refractivity contribution in [3.63, 3.8) is 0 Å². The van der Waals surface area contributed by atoms with Crippen molar-refractivity contribution < 1.29 is 14.3 Å². The molecule has 8 nitrogen and oxygen atoms in total. The largest absolute Gasteiger partial charge is 0.494 e. The highest BCUT2D eigenvalue weighted by molar-refractivity contribution is 7.13. The van der Waals surface area contributed by atoms with E-state index in [9.17, 15) is 9.59 Å². The summed E-state index contributed by atoms with van der Waals surface area (Å²) in [5, 5.41) is 15.3.